The number of carbonyl (C=O) groups excluding carboxylic acids is 1. The second kappa shape index (κ2) is 8.64. The van der Waals surface area contributed by atoms with Gasteiger partial charge in [-0.15, -0.1) is 0 Å². The summed E-state index contributed by atoms with van der Waals surface area (Å²) in [6, 6.07) is 21.2. The number of imidazole rings is 1. The van der Waals surface area contributed by atoms with Crippen molar-refractivity contribution < 1.29 is 13.2 Å². The van der Waals surface area contributed by atoms with Crippen LogP contribution >= 0.6 is 11.6 Å². The average Bonchev–Trinajstić information content (AvgIpc) is 3.09. The normalized spacial score (nSPS) is 12.5. The number of nitrogens with one attached hydrogen (secondary N) is 2. The van der Waals surface area contributed by atoms with E-state index in [1.54, 1.807) is 6.07 Å². The molecule has 0 aliphatic heterocycles. The summed E-state index contributed by atoms with van der Waals surface area (Å²) in [6.07, 6.45) is 1.02. The zero-order valence-electron chi connectivity index (χ0n) is 17.4. The molecule has 0 aliphatic rings. The minimum Gasteiger partial charge on any atom is -0.338 e. The molecule has 2 N–H and O–H groups in total. The van der Waals surface area contributed by atoms with Crippen molar-refractivity contribution in [1.29, 1.82) is 0 Å². The molecule has 32 heavy (non-hydrogen) atoms. The zero-order chi connectivity index (χ0) is 22.9. The molecule has 164 valence electrons. The van der Waals surface area contributed by atoms with Gasteiger partial charge in [-0.3, -0.25) is 9.52 Å². The second-order valence-corrected chi connectivity index (χ2v) is 9.56. The number of hydrogen-bond donors (Lipinski definition) is 2. The third-order valence-corrected chi connectivity index (χ3v) is 5.93. The Hall–Kier alpha value is -3.36. The highest BCUT2D eigenvalue weighted by Crippen LogP contribution is 2.27. The zero-order valence-corrected chi connectivity index (χ0v) is 19.0. The lowest BCUT2D eigenvalue weighted by Crippen LogP contribution is -2.31. The van der Waals surface area contributed by atoms with E-state index in [1.807, 2.05) is 66.2 Å². The number of amides is 1. The molecule has 1 atom stereocenters. The molecule has 0 saturated carbocycles. The molecule has 7 nitrogen and oxygen atoms in total. The number of anilines is 1. The summed E-state index contributed by atoms with van der Waals surface area (Å²) in [5, 5.41) is 3.23. The quantitative estimate of drug-likeness (QED) is 0.445. The summed E-state index contributed by atoms with van der Waals surface area (Å²) in [4.78, 5) is 17.9. The van der Waals surface area contributed by atoms with Crippen LogP contribution in [0.15, 0.2) is 72.8 Å². The number of benzene rings is 3. The number of hydrogen-bond acceptors (Lipinski definition) is 4. The Morgan fingerprint density at radius 1 is 1.03 bits per heavy atom. The van der Waals surface area contributed by atoms with Crippen LogP contribution in [0.3, 0.4) is 0 Å². The van der Waals surface area contributed by atoms with E-state index in [1.165, 1.54) is 12.1 Å². The molecule has 0 radical (unpaired) electrons. The lowest BCUT2D eigenvalue weighted by atomic mass is 10.1. The molecular weight excluding hydrogens is 448 g/mol. The maximum absolute atomic E-state index is 13.2. The molecule has 1 unspecified atom stereocenters. The molecule has 0 fully saturated rings. The standard InChI is InChI=1S/C23H21ClN4O3S/c1-28-20-11-7-6-10-18(20)25-22(28)21(15-8-4-3-5-9-15)26-23(29)16-12-13-17(24)19(14-16)27-32(2,30)31/h3-14,21,27H,1-2H3,(H,26,29). The SMILES string of the molecule is Cn1c(C(NC(=O)c2ccc(Cl)c(NS(C)(=O)=O)c2)c2ccccc2)nc2ccccc21. The van der Waals surface area contributed by atoms with Crippen LogP contribution in [0.25, 0.3) is 11.0 Å². The number of aryl methyl sites for hydroxylation is 1. The molecular formula is C23H21ClN4O3S. The maximum atomic E-state index is 13.2. The van der Waals surface area contributed by atoms with Crippen LogP contribution in [0, 0.1) is 0 Å². The lowest BCUT2D eigenvalue weighted by molar-refractivity contribution is 0.0941. The van der Waals surface area contributed by atoms with E-state index in [9.17, 15) is 13.2 Å². The van der Waals surface area contributed by atoms with E-state index in [0.717, 1.165) is 22.9 Å². The predicted molar refractivity (Wildman–Crippen MR) is 126 cm³/mol. The first-order valence-electron chi connectivity index (χ1n) is 9.77. The molecule has 9 heteroatoms. The first-order valence-corrected chi connectivity index (χ1v) is 12.0. The molecule has 4 rings (SSSR count). The number of rotatable bonds is 6. The van der Waals surface area contributed by atoms with Crippen LogP contribution in [0.5, 0.6) is 0 Å². The molecule has 0 saturated heterocycles. The van der Waals surface area contributed by atoms with E-state index < -0.39 is 16.1 Å². The summed E-state index contributed by atoms with van der Waals surface area (Å²) in [7, 11) is -1.65. The van der Waals surface area contributed by atoms with Crippen molar-refractivity contribution >= 4 is 44.3 Å². The van der Waals surface area contributed by atoms with E-state index in [2.05, 4.69) is 10.0 Å². The third-order valence-electron chi connectivity index (χ3n) is 5.01. The molecule has 1 aromatic heterocycles. The number of fused-ring (bicyclic) bond motifs is 1. The van der Waals surface area contributed by atoms with Gasteiger partial charge in [0.05, 0.1) is 28.0 Å². The van der Waals surface area contributed by atoms with Crippen molar-refractivity contribution in [3.63, 3.8) is 0 Å². The van der Waals surface area contributed by atoms with Crippen LogP contribution in [0.4, 0.5) is 5.69 Å². The van der Waals surface area contributed by atoms with Gasteiger partial charge >= 0.3 is 0 Å². The van der Waals surface area contributed by atoms with Crippen molar-refractivity contribution in [3.05, 3.63) is 94.8 Å². The van der Waals surface area contributed by atoms with E-state index in [0.29, 0.717) is 5.82 Å². The molecule has 1 amide bonds. The summed E-state index contributed by atoms with van der Waals surface area (Å²) in [5.41, 5.74) is 3.04. The Balaban J connectivity index is 1.73. The van der Waals surface area contributed by atoms with E-state index >= 15 is 0 Å². The summed E-state index contributed by atoms with van der Waals surface area (Å²) < 4.78 is 27.5. The lowest BCUT2D eigenvalue weighted by Gasteiger charge is -2.20. The van der Waals surface area contributed by atoms with Gasteiger partial charge in [0.2, 0.25) is 10.0 Å². The van der Waals surface area contributed by atoms with Gasteiger partial charge in [-0.2, -0.15) is 0 Å². The largest absolute Gasteiger partial charge is 0.338 e. The van der Waals surface area contributed by atoms with Gasteiger partial charge < -0.3 is 9.88 Å². The van der Waals surface area contributed by atoms with Crippen LogP contribution < -0.4 is 10.0 Å². The van der Waals surface area contributed by atoms with Gasteiger partial charge in [-0.05, 0) is 35.9 Å². The Labute approximate surface area is 191 Å². The van der Waals surface area contributed by atoms with Gasteiger partial charge in [-0.25, -0.2) is 13.4 Å². The number of carbonyl (C=O) groups is 1. The fraction of sp³-hybridized carbons (Fsp3) is 0.130. The van der Waals surface area contributed by atoms with Crippen molar-refractivity contribution in [2.45, 2.75) is 6.04 Å². The maximum Gasteiger partial charge on any atom is 0.252 e. The van der Waals surface area contributed by atoms with Crippen LogP contribution in [0.1, 0.15) is 27.8 Å². The van der Waals surface area contributed by atoms with Crippen LogP contribution in [-0.4, -0.2) is 30.1 Å². The van der Waals surface area contributed by atoms with Crippen molar-refractivity contribution in [2.75, 3.05) is 11.0 Å². The monoisotopic (exact) mass is 468 g/mol. The summed E-state index contributed by atoms with van der Waals surface area (Å²) >= 11 is 6.10. The number of para-hydroxylation sites is 2. The van der Waals surface area contributed by atoms with Crippen molar-refractivity contribution in [2.24, 2.45) is 7.05 Å². The van der Waals surface area contributed by atoms with E-state index in [-0.39, 0.29) is 22.2 Å². The minimum atomic E-state index is -3.55. The highest BCUT2D eigenvalue weighted by atomic mass is 35.5. The van der Waals surface area contributed by atoms with Crippen LogP contribution in [-0.2, 0) is 17.1 Å². The predicted octanol–water partition coefficient (Wildman–Crippen LogP) is 4.12. The van der Waals surface area contributed by atoms with Gasteiger partial charge in [0.15, 0.2) is 0 Å². The smallest absolute Gasteiger partial charge is 0.252 e. The fourth-order valence-electron chi connectivity index (χ4n) is 3.52. The fourth-order valence-corrected chi connectivity index (χ4v) is 4.31. The molecule has 4 aromatic rings. The Kier molecular flexibility index (Phi) is 5.90. The van der Waals surface area contributed by atoms with E-state index in [4.69, 9.17) is 16.6 Å². The first kappa shape index (κ1) is 21.9. The number of nitrogens with zero attached hydrogens (tertiary/aromatic N) is 2. The minimum absolute atomic E-state index is 0.140. The first-order chi connectivity index (χ1) is 15.2. The van der Waals surface area contributed by atoms with Gasteiger partial charge in [-0.1, -0.05) is 54.1 Å². The van der Waals surface area contributed by atoms with Crippen LogP contribution in [0.2, 0.25) is 5.02 Å². The van der Waals surface area contributed by atoms with Gasteiger partial charge in [0, 0.05) is 12.6 Å². The molecule has 0 aliphatic carbocycles. The number of aromatic nitrogens is 2. The molecule has 1 heterocycles. The second-order valence-electron chi connectivity index (χ2n) is 7.40. The Morgan fingerprint density at radius 3 is 2.41 bits per heavy atom. The topological polar surface area (TPSA) is 93.1 Å². The van der Waals surface area contributed by atoms with Gasteiger partial charge in [0.1, 0.15) is 11.9 Å². The Morgan fingerprint density at radius 2 is 1.72 bits per heavy atom. The highest BCUT2D eigenvalue weighted by Gasteiger charge is 2.23. The molecule has 3 aromatic carbocycles. The Bertz CT molecular complexity index is 1400. The summed E-state index contributed by atoms with van der Waals surface area (Å²) in [6.45, 7) is 0. The summed E-state index contributed by atoms with van der Waals surface area (Å²) in [5.74, 6) is 0.285. The number of halogens is 1. The average molecular weight is 469 g/mol. The van der Waals surface area contributed by atoms with Gasteiger partial charge in [0.25, 0.3) is 5.91 Å². The molecule has 0 spiro atoms. The molecule has 0 bridgehead atoms. The number of sulfonamides is 1. The third kappa shape index (κ3) is 4.61. The van der Waals surface area contributed by atoms with Crippen molar-refractivity contribution in [3.8, 4) is 0 Å². The van der Waals surface area contributed by atoms with Crippen molar-refractivity contribution in [1.82, 2.24) is 14.9 Å². The highest BCUT2D eigenvalue weighted by molar-refractivity contribution is 7.92.